The Morgan fingerprint density at radius 1 is 1.08 bits per heavy atom. The molecular weight excluding hydrogens is 160 g/mol. The van der Waals surface area contributed by atoms with Gasteiger partial charge in [0.05, 0.1) is 0 Å². The van der Waals surface area contributed by atoms with Crippen molar-refractivity contribution in [2.75, 3.05) is 0 Å². The highest BCUT2D eigenvalue weighted by Crippen LogP contribution is 2.27. The highest BCUT2D eigenvalue weighted by atomic mass is 16.3. The Morgan fingerprint density at radius 2 is 1.85 bits per heavy atom. The molecule has 2 rings (SSSR count). The fourth-order valence-electron chi connectivity index (χ4n) is 1.45. The summed E-state index contributed by atoms with van der Waals surface area (Å²) < 4.78 is 5.55. The van der Waals surface area contributed by atoms with Crippen LogP contribution in [0.2, 0.25) is 0 Å². The van der Waals surface area contributed by atoms with E-state index in [0.29, 0.717) is 0 Å². The lowest BCUT2D eigenvalue weighted by atomic mass is 10.1. The van der Waals surface area contributed by atoms with Gasteiger partial charge in [0.25, 0.3) is 0 Å². The third kappa shape index (κ3) is 1.09. The molecule has 64 valence electrons. The second-order valence-corrected chi connectivity index (χ2v) is 2.78. The summed E-state index contributed by atoms with van der Waals surface area (Å²) in [6.45, 7) is 7.45. The van der Waals surface area contributed by atoms with Crippen LogP contribution in [0.5, 0.6) is 0 Å². The molecule has 1 nitrogen and oxygen atoms in total. The van der Waals surface area contributed by atoms with Gasteiger partial charge in [-0.3, -0.25) is 0 Å². The first-order valence-corrected chi connectivity index (χ1v) is 4.13. The molecule has 1 aromatic heterocycles. The van der Waals surface area contributed by atoms with Crippen molar-refractivity contribution >= 4 is 23.1 Å². The Kier molecular flexibility index (Phi) is 1.78. The first-order valence-electron chi connectivity index (χ1n) is 4.13. The predicted molar refractivity (Wildman–Crippen MR) is 56.4 cm³/mol. The minimum atomic E-state index is 0.788. The van der Waals surface area contributed by atoms with Gasteiger partial charge in [-0.1, -0.05) is 37.4 Å². The first-order chi connectivity index (χ1) is 6.36. The van der Waals surface area contributed by atoms with Gasteiger partial charge in [0.15, 0.2) is 0 Å². The molecule has 0 spiro atoms. The van der Waals surface area contributed by atoms with Gasteiger partial charge >= 0.3 is 0 Å². The van der Waals surface area contributed by atoms with Crippen LogP contribution < -0.4 is 0 Å². The average Bonchev–Trinajstić information content (AvgIpc) is 2.55. The zero-order chi connectivity index (χ0) is 9.26. The molecular formula is C12H10O. The lowest BCUT2D eigenvalue weighted by Crippen LogP contribution is -1.70. The normalized spacial score (nSPS) is 10.2. The smallest absolute Gasteiger partial charge is 0.135 e. The zero-order valence-electron chi connectivity index (χ0n) is 7.29. The van der Waals surface area contributed by atoms with E-state index in [1.54, 1.807) is 12.2 Å². The Hall–Kier alpha value is -1.76. The van der Waals surface area contributed by atoms with Crippen LogP contribution in [-0.2, 0) is 0 Å². The van der Waals surface area contributed by atoms with E-state index in [1.807, 2.05) is 24.3 Å². The van der Waals surface area contributed by atoms with E-state index in [9.17, 15) is 0 Å². The van der Waals surface area contributed by atoms with Crippen molar-refractivity contribution in [1.29, 1.82) is 0 Å². The van der Waals surface area contributed by atoms with Gasteiger partial charge < -0.3 is 4.42 Å². The number of hydrogen-bond donors (Lipinski definition) is 0. The maximum Gasteiger partial charge on any atom is 0.135 e. The number of fused-ring (bicyclic) bond motifs is 1. The summed E-state index contributed by atoms with van der Waals surface area (Å²) in [5.74, 6) is 0.788. The van der Waals surface area contributed by atoms with Crippen molar-refractivity contribution < 1.29 is 4.42 Å². The molecule has 0 N–H and O–H groups in total. The van der Waals surface area contributed by atoms with Crippen molar-refractivity contribution in [2.24, 2.45) is 0 Å². The molecule has 0 radical (unpaired) electrons. The molecule has 0 aliphatic heterocycles. The van der Waals surface area contributed by atoms with E-state index in [-0.39, 0.29) is 0 Å². The monoisotopic (exact) mass is 170 g/mol. The lowest BCUT2D eigenvalue weighted by molar-refractivity contribution is 0.603. The summed E-state index contributed by atoms with van der Waals surface area (Å²) >= 11 is 0. The van der Waals surface area contributed by atoms with E-state index >= 15 is 0 Å². The van der Waals surface area contributed by atoms with E-state index in [4.69, 9.17) is 4.42 Å². The van der Waals surface area contributed by atoms with Crippen LogP contribution in [0, 0.1) is 0 Å². The highest BCUT2D eigenvalue weighted by molar-refractivity contribution is 5.90. The van der Waals surface area contributed by atoms with Crippen molar-refractivity contribution in [1.82, 2.24) is 0 Å². The summed E-state index contributed by atoms with van der Waals surface area (Å²) in [7, 11) is 0. The van der Waals surface area contributed by atoms with Gasteiger partial charge in [0.2, 0.25) is 0 Å². The minimum absolute atomic E-state index is 0.788. The molecule has 13 heavy (non-hydrogen) atoms. The van der Waals surface area contributed by atoms with Crippen LogP contribution in [0.3, 0.4) is 0 Å². The highest BCUT2D eigenvalue weighted by Gasteiger charge is 2.06. The predicted octanol–water partition coefficient (Wildman–Crippen LogP) is 3.72. The number of benzene rings is 1. The van der Waals surface area contributed by atoms with E-state index in [1.165, 1.54) is 0 Å². The molecule has 0 aliphatic carbocycles. The van der Waals surface area contributed by atoms with Crippen molar-refractivity contribution in [3.8, 4) is 0 Å². The molecule has 2 aromatic rings. The van der Waals surface area contributed by atoms with Crippen LogP contribution in [0.15, 0.2) is 41.8 Å². The summed E-state index contributed by atoms with van der Waals surface area (Å²) in [5.41, 5.74) is 1.90. The van der Waals surface area contributed by atoms with Gasteiger partial charge in [0.1, 0.15) is 11.3 Å². The van der Waals surface area contributed by atoms with Gasteiger partial charge in [0, 0.05) is 10.9 Å². The van der Waals surface area contributed by atoms with Gasteiger partial charge in [-0.15, -0.1) is 0 Å². The largest absolute Gasteiger partial charge is 0.456 e. The molecule has 1 heteroatoms. The summed E-state index contributed by atoms with van der Waals surface area (Å²) in [5, 5.41) is 1.09. The minimum Gasteiger partial charge on any atom is -0.456 e. The van der Waals surface area contributed by atoms with Gasteiger partial charge in [-0.05, 0) is 12.1 Å². The standard InChI is InChI=1S/C12H10O/c1-3-9-10-7-5-6-8-12(10)13-11(9)4-2/h3-8H,1-2H2. The number of furan rings is 1. The fraction of sp³-hybridized carbons (Fsp3) is 0. The van der Waals surface area contributed by atoms with Crippen LogP contribution in [0.25, 0.3) is 23.1 Å². The Balaban J connectivity index is 2.88. The fourth-order valence-corrected chi connectivity index (χ4v) is 1.45. The first kappa shape index (κ1) is 7.87. The number of para-hydroxylation sites is 1. The molecule has 0 atom stereocenters. The van der Waals surface area contributed by atoms with E-state index in [2.05, 4.69) is 13.2 Å². The lowest BCUT2D eigenvalue weighted by Gasteiger charge is -1.87. The maximum atomic E-state index is 5.55. The molecule has 1 aromatic carbocycles. The molecule has 0 unspecified atom stereocenters. The zero-order valence-corrected chi connectivity index (χ0v) is 7.29. The van der Waals surface area contributed by atoms with Crippen LogP contribution in [-0.4, -0.2) is 0 Å². The van der Waals surface area contributed by atoms with Crippen molar-refractivity contribution in [2.45, 2.75) is 0 Å². The maximum absolute atomic E-state index is 5.55. The second kappa shape index (κ2) is 2.94. The topological polar surface area (TPSA) is 13.1 Å². The van der Waals surface area contributed by atoms with Crippen LogP contribution >= 0.6 is 0 Å². The molecule has 0 amide bonds. The molecule has 0 aliphatic rings. The van der Waals surface area contributed by atoms with Crippen molar-refractivity contribution in [3.63, 3.8) is 0 Å². The third-order valence-electron chi connectivity index (χ3n) is 2.05. The Bertz CT molecular complexity index is 463. The summed E-state index contributed by atoms with van der Waals surface area (Å²) in [4.78, 5) is 0. The van der Waals surface area contributed by atoms with Crippen LogP contribution in [0.4, 0.5) is 0 Å². The van der Waals surface area contributed by atoms with Gasteiger partial charge in [-0.25, -0.2) is 0 Å². The number of hydrogen-bond acceptors (Lipinski definition) is 1. The van der Waals surface area contributed by atoms with Crippen LogP contribution in [0.1, 0.15) is 11.3 Å². The van der Waals surface area contributed by atoms with E-state index in [0.717, 1.165) is 22.3 Å². The Labute approximate surface area is 77.0 Å². The summed E-state index contributed by atoms with van der Waals surface area (Å²) in [6.07, 6.45) is 3.50. The molecule has 0 bridgehead atoms. The van der Waals surface area contributed by atoms with Crippen molar-refractivity contribution in [3.05, 3.63) is 48.7 Å². The SMILES string of the molecule is C=Cc1oc2ccccc2c1C=C. The Morgan fingerprint density at radius 3 is 2.54 bits per heavy atom. The van der Waals surface area contributed by atoms with Gasteiger partial charge in [-0.2, -0.15) is 0 Å². The third-order valence-corrected chi connectivity index (χ3v) is 2.05. The van der Waals surface area contributed by atoms with E-state index < -0.39 is 0 Å². The molecule has 1 heterocycles. The summed E-state index contributed by atoms with van der Waals surface area (Å²) in [6, 6.07) is 7.89. The molecule has 0 fully saturated rings. The molecule has 0 saturated heterocycles. The average molecular weight is 170 g/mol. The molecule has 0 saturated carbocycles. The number of rotatable bonds is 2. The second-order valence-electron chi connectivity index (χ2n) is 2.78. The quantitative estimate of drug-likeness (QED) is 0.669.